The summed E-state index contributed by atoms with van der Waals surface area (Å²) in [5.41, 5.74) is 1.18. The number of hydrogen-bond donors (Lipinski definition) is 2. The Labute approximate surface area is 135 Å². The van der Waals surface area contributed by atoms with E-state index in [9.17, 15) is 4.79 Å². The highest BCUT2D eigenvalue weighted by Gasteiger charge is 2.13. The van der Waals surface area contributed by atoms with Crippen LogP contribution < -0.4 is 10.6 Å². The molecule has 0 aromatic carbocycles. The van der Waals surface area contributed by atoms with Gasteiger partial charge in [0.1, 0.15) is 5.82 Å². The highest BCUT2D eigenvalue weighted by Crippen LogP contribution is 2.16. The van der Waals surface area contributed by atoms with Crippen molar-refractivity contribution in [3.63, 3.8) is 0 Å². The van der Waals surface area contributed by atoms with Crippen LogP contribution in [0.15, 0.2) is 42.9 Å². The monoisotopic (exact) mass is 312 g/mol. The first kappa shape index (κ1) is 15.4. The van der Waals surface area contributed by atoms with Gasteiger partial charge in [0.2, 0.25) is 0 Å². The smallest absolute Gasteiger partial charge is 0.257 e. The number of hydrogen-bond acceptors (Lipinski definition) is 5. The summed E-state index contributed by atoms with van der Waals surface area (Å²) in [7, 11) is 0. The lowest BCUT2D eigenvalue weighted by atomic mass is 10.0. The molecule has 0 atom stereocenters. The van der Waals surface area contributed by atoms with E-state index in [1.807, 2.05) is 12.1 Å². The number of anilines is 2. The van der Waals surface area contributed by atoms with E-state index >= 15 is 0 Å². The number of amides is 1. The SMILES string of the molecule is O=C(Nc1ccc(NCC2CCOCC2)nc1)c1cccnc1. The molecule has 0 saturated carbocycles. The van der Waals surface area contributed by atoms with Gasteiger partial charge in [0.15, 0.2) is 0 Å². The minimum absolute atomic E-state index is 0.192. The summed E-state index contributed by atoms with van der Waals surface area (Å²) in [5.74, 6) is 1.26. The molecule has 1 fully saturated rings. The van der Waals surface area contributed by atoms with E-state index in [4.69, 9.17) is 4.74 Å². The minimum atomic E-state index is -0.192. The van der Waals surface area contributed by atoms with Crippen LogP contribution in [0.3, 0.4) is 0 Å². The molecule has 0 aliphatic carbocycles. The molecule has 0 spiro atoms. The molecule has 120 valence electrons. The van der Waals surface area contributed by atoms with Crippen LogP contribution in [0.1, 0.15) is 23.2 Å². The molecule has 2 aromatic heterocycles. The molecule has 23 heavy (non-hydrogen) atoms. The summed E-state index contributed by atoms with van der Waals surface area (Å²) in [4.78, 5) is 20.3. The molecule has 0 radical (unpaired) electrons. The number of carbonyl (C=O) groups excluding carboxylic acids is 1. The predicted molar refractivity (Wildman–Crippen MR) is 88.5 cm³/mol. The maximum atomic E-state index is 12.0. The first-order chi connectivity index (χ1) is 11.3. The van der Waals surface area contributed by atoms with E-state index in [0.717, 1.165) is 38.4 Å². The molecule has 3 rings (SSSR count). The molecule has 1 aliphatic heterocycles. The molecule has 0 unspecified atom stereocenters. The third-order valence-electron chi connectivity index (χ3n) is 3.86. The van der Waals surface area contributed by atoms with E-state index < -0.39 is 0 Å². The largest absolute Gasteiger partial charge is 0.381 e. The summed E-state index contributed by atoms with van der Waals surface area (Å²) in [6.07, 6.45) is 7.00. The second-order valence-corrected chi connectivity index (χ2v) is 5.56. The normalized spacial score (nSPS) is 15.1. The van der Waals surface area contributed by atoms with Gasteiger partial charge in [-0.3, -0.25) is 9.78 Å². The average Bonchev–Trinajstić information content (AvgIpc) is 2.63. The summed E-state index contributed by atoms with van der Waals surface area (Å²) in [6, 6.07) is 7.17. The Morgan fingerprint density at radius 3 is 2.78 bits per heavy atom. The Morgan fingerprint density at radius 1 is 1.22 bits per heavy atom. The summed E-state index contributed by atoms with van der Waals surface area (Å²) in [6.45, 7) is 2.59. The molecule has 2 N–H and O–H groups in total. The second kappa shape index (κ2) is 7.69. The van der Waals surface area contributed by atoms with Gasteiger partial charge in [0.05, 0.1) is 17.4 Å². The number of pyridine rings is 2. The Hall–Kier alpha value is -2.47. The van der Waals surface area contributed by atoms with Crippen LogP contribution in [0.25, 0.3) is 0 Å². The Balaban J connectivity index is 1.51. The molecular weight excluding hydrogens is 292 g/mol. The fraction of sp³-hybridized carbons (Fsp3) is 0.353. The van der Waals surface area contributed by atoms with Gasteiger partial charge < -0.3 is 15.4 Å². The summed E-state index contributed by atoms with van der Waals surface area (Å²) in [5, 5.41) is 6.14. The van der Waals surface area contributed by atoms with Crippen LogP contribution in [0.5, 0.6) is 0 Å². The van der Waals surface area contributed by atoms with Gasteiger partial charge in [-0.15, -0.1) is 0 Å². The third kappa shape index (κ3) is 4.50. The molecule has 3 heterocycles. The fourth-order valence-electron chi connectivity index (χ4n) is 2.47. The fourth-order valence-corrected chi connectivity index (χ4v) is 2.47. The Kier molecular flexibility index (Phi) is 5.16. The lowest BCUT2D eigenvalue weighted by molar-refractivity contribution is 0.0699. The van der Waals surface area contributed by atoms with Gasteiger partial charge in [-0.05, 0) is 43.0 Å². The van der Waals surface area contributed by atoms with Crippen molar-refractivity contribution >= 4 is 17.4 Å². The van der Waals surface area contributed by atoms with Crippen LogP contribution in [0.4, 0.5) is 11.5 Å². The van der Waals surface area contributed by atoms with Crippen molar-refractivity contribution in [1.29, 1.82) is 0 Å². The molecule has 0 bridgehead atoms. The summed E-state index contributed by atoms with van der Waals surface area (Å²) >= 11 is 0. The van der Waals surface area contributed by atoms with Gasteiger partial charge in [-0.25, -0.2) is 4.98 Å². The molecule has 6 nitrogen and oxygen atoms in total. The van der Waals surface area contributed by atoms with Crippen molar-refractivity contribution in [2.45, 2.75) is 12.8 Å². The first-order valence-electron chi connectivity index (χ1n) is 7.80. The molecule has 6 heteroatoms. The van der Waals surface area contributed by atoms with Gasteiger partial charge in [0, 0.05) is 32.2 Å². The maximum absolute atomic E-state index is 12.0. The zero-order chi connectivity index (χ0) is 15.9. The molecule has 2 aromatic rings. The molecule has 1 aliphatic rings. The quantitative estimate of drug-likeness (QED) is 0.887. The number of carbonyl (C=O) groups is 1. The van der Waals surface area contributed by atoms with Crippen LogP contribution in [0.2, 0.25) is 0 Å². The van der Waals surface area contributed by atoms with Gasteiger partial charge in [-0.2, -0.15) is 0 Å². The maximum Gasteiger partial charge on any atom is 0.257 e. The zero-order valence-corrected chi connectivity index (χ0v) is 12.9. The number of aromatic nitrogens is 2. The van der Waals surface area contributed by atoms with E-state index in [1.54, 1.807) is 24.5 Å². The van der Waals surface area contributed by atoms with Crippen molar-refractivity contribution in [3.8, 4) is 0 Å². The van der Waals surface area contributed by atoms with E-state index in [-0.39, 0.29) is 5.91 Å². The van der Waals surface area contributed by atoms with E-state index in [2.05, 4.69) is 20.6 Å². The Morgan fingerprint density at radius 2 is 2.09 bits per heavy atom. The Bertz CT molecular complexity index is 625. The van der Waals surface area contributed by atoms with Gasteiger partial charge in [-0.1, -0.05) is 0 Å². The van der Waals surface area contributed by atoms with E-state index in [0.29, 0.717) is 17.2 Å². The van der Waals surface area contributed by atoms with Crippen LogP contribution in [0, 0.1) is 5.92 Å². The zero-order valence-electron chi connectivity index (χ0n) is 12.9. The number of nitrogens with one attached hydrogen (secondary N) is 2. The van der Waals surface area contributed by atoms with Crippen molar-refractivity contribution < 1.29 is 9.53 Å². The highest BCUT2D eigenvalue weighted by molar-refractivity contribution is 6.03. The average molecular weight is 312 g/mol. The minimum Gasteiger partial charge on any atom is -0.381 e. The van der Waals surface area contributed by atoms with Crippen molar-refractivity contribution in [3.05, 3.63) is 48.4 Å². The van der Waals surface area contributed by atoms with Crippen molar-refractivity contribution in [2.24, 2.45) is 5.92 Å². The van der Waals surface area contributed by atoms with Crippen molar-refractivity contribution in [1.82, 2.24) is 9.97 Å². The lowest BCUT2D eigenvalue weighted by Crippen LogP contribution is -2.22. The molecule has 1 saturated heterocycles. The van der Waals surface area contributed by atoms with E-state index in [1.165, 1.54) is 6.20 Å². The molecule has 1 amide bonds. The van der Waals surface area contributed by atoms with Gasteiger partial charge in [0.25, 0.3) is 5.91 Å². The first-order valence-corrected chi connectivity index (χ1v) is 7.80. The summed E-state index contributed by atoms with van der Waals surface area (Å²) < 4.78 is 5.35. The number of nitrogens with zero attached hydrogens (tertiary/aromatic N) is 2. The predicted octanol–water partition coefficient (Wildman–Crippen LogP) is 2.57. The topological polar surface area (TPSA) is 76.1 Å². The van der Waals surface area contributed by atoms with Crippen LogP contribution in [-0.4, -0.2) is 35.6 Å². The standard InChI is InChI=1S/C17H20N4O2/c22-17(14-2-1-7-18-11-14)21-15-3-4-16(20-12-15)19-10-13-5-8-23-9-6-13/h1-4,7,11-13H,5-6,8-10H2,(H,19,20)(H,21,22). The van der Waals surface area contributed by atoms with Crippen LogP contribution in [-0.2, 0) is 4.74 Å². The lowest BCUT2D eigenvalue weighted by Gasteiger charge is -2.22. The highest BCUT2D eigenvalue weighted by atomic mass is 16.5. The molecular formula is C17H20N4O2. The third-order valence-corrected chi connectivity index (χ3v) is 3.86. The second-order valence-electron chi connectivity index (χ2n) is 5.56. The van der Waals surface area contributed by atoms with Crippen LogP contribution >= 0.6 is 0 Å². The van der Waals surface area contributed by atoms with Gasteiger partial charge >= 0.3 is 0 Å². The van der Waals surface area contributed by atoms with Crippen molar-refractivity contribution in [2.75, 3.05) is 30.4 Å². The number of ether oxygens (including phenoxy) is 1. The number of rotatable bonds is 5.